The van der Waals surface area contributed by atoms with Crippen LogP contribution in [0.4, 0.5) is 0 Å². The van der Waals surface area contributed by atoms with Crippen LogP contribution in [0.1, 0.15) is 36.4 Å². The lowest BCUT2D eigenvalue weighted by molar-refractivity contribution is 0.414. The fourth-order valence-corrected chi connectivity index (χ4v) is 2.76. The number of hydrogen-bond donors (Lipinski definition) is 1. The average molecular weight is 267 g/mol. The van der Waals surface area contributed by atoms with Gasteiger partial charge < -0.3 is 10.1 Å². The zero-order valence-corrected chi connectivity index (χ0v) is 12.0. The van der Waals surface area contributed by atoms with Gasteiger partial charge in [-0.05, 0) is 36.6 Å². The molecule has 0 aromatic heterocycles. The molecule has 0 saturated heterocycles. The Morgan fingerprint density at radius 3 is 2.40 bits per heavy atom. The minimum Gasteiger partial charge on any atom is -0.497 e. The first-order chi connectivity index (χ1) is 9.78. The normalized spacial score (nSPS) is 22.3. The summed E-state index contributed by atoms with van der Waals surface area (Å²) in [6.45, 7) is 2.22. The van der Waals surface area contributed by atoms with Gasteiger partial charge in [-0.15, -0.1) is 0 Å². The van der Waals surface area contributed by atoms with Gasteiger partial charge in [-0.3, -0.25) is 0 Å². The highest BCUT2D eigenvalue weighted by molar-refractivity contribution is 5.31. The molecule has 0 amide bonds. The number of methoxy groups -OCH3 is 1. The Balaban J connectivity index is 1.59. The molecule has 2 aromatic carbocycles. The predicted molar refractivity (Wildman–Crippen MR) is 82.1 cm³/mol. The van der Waals surface area contributed by atoms with E-state index >= 15 is 0 Å². The van der Waals surface area contributed by atoms with E-state index in [1.165, 1.54) is 17.5 Å². The summed E-state index contributed by atoms with van der Waals surface area (Å²) in [6.07, 6.45) is 1.24. The standard InChI is InChI=1S/C18H21NO/c1-13(14-8-10-16(20-2)11-9-14)19-18-12-17(18)15-6-4-3-5-7-15/h3-11,13,17-19H,12H2,1-2H3. The van der Waals surface area contributed by atoms with Crippen molar-refractivity contribution in [2.24, 2.45) is 0 Å². The second-order valence-corrected chi connectivity index (χ2v) is 5.52. The molecule has 1 aliphatic carbocycles. The molecule has 0 spiro atoms. The molecule has 0 bridgehead atoms. The second-order valence-electron chi connectivity index (χ2n) is 5.52. The molecular formula is C18H21NO. The van der Waals surface area contributed by atoms with Gasteiger partial charge in [-0.25, -0.2) is 0 Å². The van der Waals surface area contributed by atoms with Crippen LogP contribution in [0.2, 0.25) is 0 Å². The van der Waals surface area contributed by atoms with Crippen molar-refractivity contribution >= 4 is 0 Å². The lowest BCUT2D eigenvalue weighted by Gasteiger charge is -2.15. The third-order valence-corrected chi connectivity index (χ3v) is 4.10. The molecule has 3 rings (SSSR count). The van der Waals surface area contributed by atoms with Crippen molar-refractivity contribution in [2.75, 3.05) is 7.11 Å². The molecule has 20 heavy (non-hydrogen) atoms. The molecule has 0 radical (unpaired) electrons. The molecule has 2 aromatic rings. The van der Waals surface area contributed by atoms with Crippen LogP contribution in [0.15, 0.2) is 54.6 Å². The summed E-state index contributed by atoms with van der Waals surface area (Å²) < 4.78 is 5.20. The van der Waals surface area contributed by atoms with E-state index in [1.54, 1.807) is 7.11 Å². The van der Waals surface area contributed by atoms with Gasteiger partial charge in [0, 0.05) is 18.0 Å². The Kier molecular flexibility index (Phi) is 3.75. The van der Waals surface area contributed by atoms with E-state index in [4.69, 9.17) is 4.74 Å². The highest BCUT2D eigenvalue weighted by atomic mass is 16.5. The Morgan fingerprint density at radius 1 is 1.05 bits per heavy atom. The maximum absolute atomic E-state index is 5.20. The first kappa shape index (κ1) is 13.2. The van der Waals surface area contributed by atoms with Crippen molar-refractivity contribution in [1.29, 1.82) is 0 Å². The molecule has 3 unspecified atom stereocenters. The van der Waals surface area contributed by atoms with Crippen LogP contribution in [-0.2, 0) is 0 Å². The number of ether oxygens (including phenoxy) is 1. The highest BCUT2D eigenvalue weighted by Crippen LogP contribution is 2.41. The van der Waals surface area contributed by atoms with Gasteiger partial charge in [-0.1, -0.05) is 42.5 Å². The summed E-state index contributed by atoms with van der Waals surface area (Å²) >= 11 is 0. The van der Waals surface area contributed by atoms with Gasteiger partial charge >= 0.3 is 0 Å². The number of nitrogens with one attached hydrogen (secondary N) is 1. The van der Waals surface area contributed by atoms with E-state index in [2.05, 4.69) is 54.7 Å². The molecule has 1 N–H and O–H groups in total. The molecule has 0 aliphatic heterocycles. The van der Waals surface area contributed by atoms with E-state index in [0.717, 1.165) is 5.75 Å². The van der Waals surface area contributed by atoms with Gasteiger partial charge in [-0.2, -0.15) is 0 Å². The number of rotatable bonds is 5. The molecule has 2 nitrogen and oxygen atoms in total. The summed E-state index contributed by atoms with van der Waals surface area (Å²) in [5.74, 6) is 1.59. The summed E-state index contributed by atoms with van der Waals surface area (Å²) in [5, 5.41) is 3.72. The molecule has 1 fully saturated rings. The summed E-state index contributed by atoms with van der Waals surface area (Å²) in [6, 6.07) is 20.1. The predicted octanol–water partition coefficient (Wildman–Crippen LogP) is 3.90. The van der Waals surface area contributed by atoms with Gasteiger partial charge in [0.25, 0.3) is 0 Å². The van der Waals surface area contributed by atoms with Crippen molar-refractivity contribution in [2.45, 2.75) is 31.3 Å². The first-order valence-electron chi connectivity index (χ1n) is 7.23. The minimum absolute atomic E-state index is 0.375. The molecule has 0 heterocycles. The fraction of sp³-hybridized carbons (Fsp3) is 0.333. The van der Waals surface area contributed by atoms with Gasteiger partial charge in [0.15, 0.2) is 0 Å². The Hall–Kier alpha value is -1.80. The van der Waals surface area contributed by atoms with Crippen molar-refractivity contribution in [1.82, 2.24) is 5.32 Å². The van der Waals surface area contributed by atoms with Crippen LogP contribution in [0.3, 0.4) is 0 Å². The lowest BCUT2D eigenvalue weighted by atomic mass is 10.1. The van der Waals surface area contributed by atoms with Crippen LogP contribution < -0.4 is 10.1 Å². The smallest absolute Gasteiger partial charge is 0.118 e. The number of benzene rings is 2. The van der Waals surface area contributed by atoms with Crippen molar-refractivity contribution in [3.05, 3.63) is 65.7 Å². The maximum Gasteiger partial charge on any atom is 0.118 e. The van der Waals surface area contributed by atoms with E-state index in [1.807, 2.05) is 12.1 Å². The van der Waals surface area contributed by atoms with Crippen LogP contribution in [0.5, 0.6) is 5.75 Å². The topological polar surface area (TPSA) is 21.3 Å². The first-order valence-corrected chi connectivity index (χ1v) is 7.23. The van der Waals surface area contributed by atoms with Gasteiger partial charge in [0.1, 0.15) is 5.75 Å². The molecule has 1 aliphatic rings. The van der Waals surface area contributed by atoms with Crippen LogP contribution in [0, 0.1) is 0 Å². The van der Waals surface area contributed by atoms with Crippen LogP contribution >= 0.6 is 0 Å². The van der Waals surface area contributed by atoms with E-state index < -0.39 is 0 Å². The van der Waals surface area contributed by atoms with E-state index in [0.29, 0.717) is 18.0 Å². The lowest BCUT2D eigenvalue weighted by Crippen LogP contribution is -2.22. The van der Waals surface area contributed by atoms with Crippen molar-refractivity contribution in [3.63, 3.8) is 0 Å². The third kappa shape index (κ3) is 2.86. The second kappa shape index (κ2) is 5.68. The summed E-state index contributed by atoms with van der Waals surface area (Å²) in [4.78, 5) is 0. The fourth-order valence-electron chi connectivity index (χ4n) is 2.76. The summed E-state index contributed by atoms with van der Waals surface area (Å²) in [5.41, 5.74) is 2.76. The Labute approximate surface area is 120 Å². The van der Waals surface area contributed by atoms with E-state index in [9.17, 15) is 0 Å². The maximum atomic E-state index is 5.20. The molecule has 104 valence electrons. The van der Waals surface area contributed by atoms with Gasteiger partial charge in [0.05, 0.1) is 7.11 Å². The zero-order valence-electron chi connectivity index (χ0n) is 12.0. The number of hydrogen-bond acceptors (Lipinski definition) is 2. The minimum atomic E-state index is 0.375. The zero-order chi connectivity index (χ0) is 13.9. The Bertz CT molecular complexity index is 549. The largest absolute Gasteiger partial charge is 0.497 e. The average Bonchev–Trinajstić information content (AvgIpc) is 3.27. The SMILES string of the molecule is COc1ccc(C(C)NC2CC2c2ccccc2)cc1. The van der Waals surface area contributed by atoms with Gasteiger partial charge in [0.2, 0.25) is 0 Å². The van der Waals surface area contributed by atoms with Crippen molar-refractivity contribution in [3.8, 4) is 5.75 Å². The Morgan fingerprint density at radius 2 is 1.75 bits per heavy atom. The molecule has 1 saturated carbocycles. The molecule has 3 atom stereocenters. The van der Waals surface area contributed by atoms with Crippen molar-refractivity contribution < 1.29 is 4.74 Å². The van der Waals surface area contributed by atoms with Crippen LogP contribution in [0.25, 0.3) is 0 Å². The molecular weight excluding hydrogens is 246 g/mol. The highest BCUT2D eigenvalue weighted by Gasteiger charge is 2.38. The third-order valence-electron chi connectivity index (χ3n) is 4.10. The summed E-state index contributed by atoms with van der Waals surface area (Å²) in [7, 11) is 1.70. The van der Waals surface area contributed by atoms with Crippen LogP contribution in [-0.4, -0.2) is 13.2 Å². The van der Waals surface area contributed by atoms with E-state index in [-0.39, 0.29) is 0 Å². The quantitative estimate of drug-likeness (QED) is 0.887. The monoisotopic (exact) mass is 267 g/mol. The molecule has 2 heteroatoms.